The summed E-state index contributed by atoms with van der Waals surface area (Å²) in [5.74, 6) is -3.37. The Morgan fingerprint density at radius 2 is 1.32 bits per heavy atom. The number of phenols is 3. The van der Waals surface area contributed by atoms with Crippen molar-refractivity contribution in [3.8, 4) is 17.2 Å². The van der Waals surface area contributed by atoms with Gasteiger partial charge in [-0.05, 0) is 72.2 Å². The molecule has 2 saturated heterocycles. The Morgan fingerprint density at radius 3 is 1.82 bits per heavy atom. The van der Waals surface area contributed by atoms with Crippen LogP contribution >= 0.6 is 0 Å². The van der Waals surface area contributed by atoms with Gasteiger partial charge >= 0.3 is 0 Å². The summed E-state index contributed by atoms with van der Waals surface area (Å²) in [5.41, 5.74) is -2.91. The van der Waals surface area contributed by atoms with Gasteiger partial charge in [0.15, 0.2) is 18.4 Å². The second-order valence-electron chi connectivity index (χ2n) is 14.5. The molecule has 2 aliphatic heterocycles. The summed E-state index contributed by atoms with van der Waals surface area (Å²) in [6.45, 7) is 5.18. The number of aliphatic hydroxyl groups excluding tert-OH is 2. The molecular weight excluding hydrogens is 652 g/mol. The van der Waals surface area contributed by atoms with Gasteiger partial charge in [0.25, 0.3) is 0 Å². The van der Waals surface area contributed by atoms with Crippen LogP contribution in [0.25, 0.3) is 0 Å². The van der Waals surface area contributed by atoms with Gasteiger partial charge in [0, 0.05) is 42.5 Å². The number of benzene rings is 2. The molecule has 2 heterocycles. The van der Waals surface area contributed by atoms with E-state index in [-0.39, 0.29) is 54.5 Å². The highest BCUT2D eigenvalue weighted by molar-refractivity contribution is 6.31. The van der Waals surface area contributed by atoms with E-state index in [0.29, 0.717) is 0 Å². The fraction of sp³-hybridized carbons (Fsp3) is 0.611. The summed E-state index contributed by atoms with van der Waals surface area (Å²) in [6, 6.07) is 2.94. The van der Waals surface area contributed by atoms with E-state index in [1.807, 2.05) is 38.0 Å². The number of phenolic OH excluding ortho intramolecular Hbond substituents is 3. The van der Waals surface area contributed by atoms with E-state index in [0.717, 1.165) is 12.1 Å². The highest BCUT2D eigenvalue weighted by Crippen LogP contribution is 2.55. The van der Waals surface area contributed by atoms with E-state index >= 15 is 0 Å². The van der Waals surface area contributed by atoms with Crippen molar-refractivity contribution in [2.45, 2.75) is 113 Å². The first-order valence-electron chi connectivity index (χ1n) is 17.1. The van der Waals surface area contributed by atoms with E-state index < -0.39 is 100 Å². The minimum atomic E-state index is -1.71. The normalized spacial score (nSPS) is 35.6. The molecule has 274 valence electrons. The van der Waals surface area contributed by atoms with Crippen LogP contribution in [-0.4, -0.2) is 135 Å². The number of fused-ring (bicyclic) bond motifs is 3. The number of rotatable bonds is 7. The van der Waals surface area contributed by atoms with E-state index in [4.69, 9.17) is 18.9 Å². The van der Waals surface area contributed by atoms with Gasteiger partial charge in [0.1, 0.15) is 23.4 Å². The summed E-state index contributed by atoms with van der Waals surface area (Å²) in [4.78, 5) is 31.7. The summed E-state index contributed by atoms with van der Waals surface area (Å²) in [5, 5.41) is 67.3. The van der Waals surface area contributed by atoms with Gasteiger partial charge in [0.05, 0.1) is 52.8 Å². The molecule has 6 rings (SSSR count). The summed E-state index contributed by atoms with van der Waals surface area (Å²) < 4.78 is 25.2. The van der Waals surface area contributed by atoms with Crippen molar-refractivity contribution in [3.63, 3.8) is 0 Å². The van der Waals surface area contributed by atoms with Crippen molar-refractivity contribution >= 4 is 11.6 Å². The second kappa shape index (κ2) is 13.4. The fourth-order valence-electron chi connectivity index (χ4n) is 8.00. The first-order chi connectivity index (χ1) is 23.5. The Labute approximate surface area is 290 Å². The van der Waals surface area contributed by atoms with E-state index in [1.54, 1.807) is 20.8 Å². The van der Waals surface area contributed by atoms with Gasteiger partial charge in [-0.15, -0.1) is 0 Å². The maximum Gasteiger partial charge on any atom is 0.202 e. The number of nitrogens with zero attached hydrogens (tertiary/aromatic N) is 2. The third kappa shape index (κ3) is 5.99. The molecule has 0 amide bonds. The molecule has 0 spiro atoms. The molecule has 2 aliphatic carbocycles. The highest BCUT2D eigenvalue weighted by Gasteiger charge is 2.53. The number of aromatic hydroxyl groups is 3. The molecule has 4 aliphatic rings. The highest BCUT2D eigenvalue weighted by atomic mass is 16.7. The van der Waals surface area contributed by atoms with Crippen molar-refractivity contribution in [1.82, 2.24) is 9.80 Å². The SMILES string of the molecule is CC[C@@]1(O)C[C@H](OC2CC(N(C)C)C(O)C(C)O2)c2cc3c(c(O)c2[C@H]1OC1CC(N(C)C)C(O)C(C)O1)C(=O)c1c(O)ccc(O)c1C3=O. The number of hydrogen-bond acceptors (Lipinski definition) is 14. The predicted octanol–water partition coefficient (Wildman–Crippen LogP) is 2.09. The first kappa shape index (κ1) is 36.6. The summed E-state index contributed by atoms with van der Waals surface area (Å²) in [6.07, 6.45) is -6.42. The zero-order valence-electron chi connectivity index (χ0n) is 29.4. The number of aliphatic hydroxyl groups is 3. The molecule has 2 aromatic carbocycles. The van der Waals surface area contributed by atoms with Gasteiger partial charge in [-0.25, -0.2) is 0 Å². The van der Waals surface area contributed by atoms with Crippen LogP contribution in [0.2, 0.25) is 0 Å². The zero-order valence-corrected chi connectivity index (χ0v) is 29.4. The molecule has 2 aromatic rings. The molecule has 0 bridgehead atoms. The lowest BCUT2D eigenvalue weighted by Gasteiger charge is -2.48. The van der Waals surface area contributed by atoms with Gasteiger partial charge in [-0.3, -0.25) is 9.59 Å². The Kier molecular flexibility index (Phi) is 9.82. The molecule has 0 aromatic heterocycles. The quantitative estimate of drug-likeness (QED) is 0.196. The van der Waals surface area contributed by atoms with Crippen molar-refractivity contribution in [3.05, 3.63) is 51.6 Å². The molecule has 8 unspecified atom stereocenters. The van der Waals surface area contributed by atoms with Crippen LogP contribution in [0.3, 0.4) is 0 Å². The molecular formula is C36H48N2O12. The lowest BCUT2D eigenvalue weighted by atomic mass is 9.71. The predicted molar refractivity (Wildman–Crippen MR) is 177 cm³/mol. The van der Waals surface area contributed by atoms with Crippen molar-refractivity contribution < 1.29 is 59.2 Å². The monoisotopic (exact) mass is 700 g/mol. The Balaban J connectivity index is 1.50. The van der Waals surface area contributed by atoms with Crippen molar-refractivity contribution in [2.24, 2.45) is 0 Å². The van der Waals surface area contributed by atoms with Crippen LogP contribution < -0.4 is 0 Å². The molecule has 2 fully saturated rings. The van der Waals surface area contributed by atoms with E-state index in [2.05, 4.69) is 0 Å². The number of ketones is 2. The maximum atomic E-state index is 14.0. The Hall–Kier alpha value is -3.18. The Morgan fingerprint density at radius 1 is 0.820 bits per heavy atom. The van der Waals surface area contributed by atoms with Crippen LogP contribution in [0.5, 0.6) is 17.2 Å². The second-order valence-corrected chi connectivity index (χ2v) is 14.5. The van der Waals surface area contributed by atoms with Crippen molar-refractivity contribution in [2.75, 3.05) is 28.2 Å². The molecule has 6 N–H and O–H groups in total. The van der Waals surface area contributed by atoms with Gasteiger partial charge in [-0.2, -0.15) is 0 Å². The molecule has 14 nitrogen and oxygen atoms in total. The average molecular weight is 701 g/mol. The van der Waals surface area contributed by atoms with Crippen LogP contribution in [0.1, 0.15) is 102 Å². The number of likely N-dealkylation sites (N-methyl/N-ethyl adjacent to an activating group) is 2. The van der Waals surface area contributed by atoms with Crippen LogP contribution in [0.4, 0.5) is 0 Å². The summed E-state index contributed by atoms with van der Waals surface area (Å²) in [7, 11) is 7.32. The maximum absolute atomic E-state index is 14.0. The van der Waals surface area contributed by atoms with E-state index in [1.165, 1.54) is 6.07 Å². The number of hydrogen-bond donors (Lipinski definition) is 6. The summed E-state index contributed by atoms with van der Waals surface area (Å²) >= 11 is 0. The largest absolute Gasteiger partial charge is 0.507 e. The molecule has 11 atom stereocenters. The molecule has 0 radical (unpaired) electrons. The third-order valence-electron chi connectivity index (χ3n) is 11.0. The van der Waals surface area contributed by atoms with Crippen LogP contribution in [-0.2, 0) is 18.9 Å². The standard InChI is InChI=1S/C36H48N2O12/c1-8-36(46)14-23(49-24-12-19(37(4)5)30(41)15(2)47-24)17-11-18-26(34(45)29-22(40)10-9-21(39)28(29)32(18)43)33(44)27(17)35(36)50-25-13-20(38(6)7)31(42)16(3)48-25/h9-11,15-16,19-20,23-25,30-31,35,39-42,44,46H,8,12-14H2,1-7H3/t15?,16?,19?,20?,23-,24?,25?,30?,31?,35+,36+/m0/s1. The number of ether oxygens (including phenoxy) is 4. The zero-order chi connectivity index (χ0) is 36.6. The minimum absolute atomic E-state index is 0.00502. The lowest BCUT2D eigenvalue weighted by Crippen LogP contribution is -2.55. The lowest BCUT2D eigenvalue weighted by molar-refractivity contribution is -0.289. The number of carbonyl (C=O) groups excluding carboxylic acids is 2. The van der Waals surface area contributed by atoms with Gasteiger partial charge < -0.3 is 59.4 Å². The molecule has 14 heteroatoms. The van der Waals surface area contributed by atoms with Crippen LogP contribution in [0.15, 0.2) is 18.2 Å². The topological polar surface area (TPSA) is 199 Å². The van der Waals surface area contributed by atoms with Crippen LogP contribution in [0, 0.1) is 0 Å². The fourth-order valence-corrected chi connectivity index (χ4v) is 8.00. The number of carbonyl (C=O) groups is 2. The first-order valence-corrected chi connectivity index (χ1v) is 17.1. The van der Waals surface area contributed by atoms with Gasteiger partial charge in [0.2, 0.25) is 5.78 Å². The smallest absolute Gasteiger partial charge is 0.202 e. The molecule has 50 heavy (non-hydrogen) atoms. The molecule has 0 saturated carbocycles. The van der Waals surface area contributed by atoms with Gasteiger partial charge in [-0.1, -0.05) is 6.92 Å². The minimum Gasteiger partial charge on any atom is -0.507 e. The van der Waals surface area contributed by atoms with Crippen molar-refractivity contribution in [1.29, 1.82) is 0 Å². The Bertz CT molecular complexity index is 1660. The third-order valence-corrected chi connectivity index (χ3v) is 11.0. The average Bonchev–Trinajstić information content (AvgIpc) is 3.05. The van der Waals surface area contributed by atoms with E-state index in [9.17, 15) is 40.2 Å².